The van der Waals surface area contributed by atoms with Crippen LogP contribution in [0.25, 0.3) is 0 Å². The van der Waals surface area contributed by atoms with Gasteiger partial charge in [-0.2, -0.15) is 0 Å². The lowest BCUT2D eigenvalue weighted by atomic mass is 9.80. The van der Waals surface area contributed by atoms with Crippen molar-refractivity contribution in [2.24, 2.45) is 17.3 Å². The van der Waals surface area contributed by atoms with Gasteiger partial charge in [-0.15, -0.1) is 0 Å². The Morgan fingerprint density at radius 1 is 1.55 bits per heavy atom. The average molecular weight is 276 g/mol. The lowest BCUT2D eigenvalue weighted by Crippen LogP contribution is -2.17. The first-order chi connectivity index (χ1) is 9.55. The zero-order chi connectivity index (χ0) is 14.6. The molecule has 2 aliphatic rings. The van der Waals surface area contributed by atoms with Crippen LogP contribution in [0.2, 0.25) is 0 Å². The monoisotopic (exact) mass is 276 g/mol. The van der Waals surface area contributed by atoms with Crippen molar-refractivity contribution in [2.45, 2.75) is 64.9 Å². The number of hydrogen-bond donors (Lipinski definition) is 1. The van der Waals surface area contributed by atoms with Crippen LogP contribution in [0, 0.1) is 17.3 Å². The van der Waals surface area contributed by atoms with Gasteiger partial charge >= 0.3 is 0 Å². The third kappa shape index (κ3) is 3.60. The number of allylic oxidation sites excluding steroid dienone is 4. The number of carbonyl (C=O) groups is 1. The molecule has 0 spiro atoms. The van der Waals surface area contributed by atoms with Crippen LogP contribution >= 0.6 is 0 Å². The average Bonchev–Trinajstić information content (AvgIpc) is 2.90. The summed E-state index contributed by atoms with van der Waals surface area (Å²) in [6.45, 7) is 4.35. The first kappa shape index (κ1) is 15.5. The number of unbranched alkanes of at least 4 members (excludes halogenated alkanes) is 1. The highest BCUT2D eigenvalue weighted by Gasteiger charge is 2.45. The predicted octanol–water partition coefficient (Wildman–Crippen LogP) is 4.05. The summed E-state index contributed by atoms with van der Waals surface area (Å²) in [4.78, 5) is 12.1. The fourth-order valence-electron chi connectivity index (χ4n) is 3.75. The van der Waals surface area contributed by atoms with Gasteiger partial charge < -0.3 is 5.11 Å². The van der Waals surface area contributed by atoms with E-state index in [1.54, 1.807) is 6.08 Å². The molecule has 1 N–H and O–H groups in total. The molecule has 0 aliphatic heterocycles. The summed E-state index contributed by atoms with van der Waals surface area (Å²) in [5.74, 6) is 1.22. The largest absolute Gasteiger partial charge is 0.393 e. The van der Waals surface area contributed by atoms with Crippen molar-refractivity contribution in [3.8, 4) is 0 Å². The van der Waals surface area contributed by atoms with Crippen molar-refractivity contribution < 1.29 is 9.90 Å². The van der Waals surface area contributed by atoms with E-state index in [1.807, 2.05) is 0 Å². The van der Waals surface area contributed by atoms with Crippen molar-refractivity contribution in [3.05, 3.63) is 24.3 Å². The predicted molar refractivity (Wildman–Crippen MR) is 82.4 cm³/mol. The summed E-state index contributed by atoms with van der Waals surface area (Å²) in [6.07, 6.45) is 15.0. The SMILES string of the molecule is CCCC[C@H](C)CC(=O)/C=C/C12C=CCC1CC(O)C2. The Kier molecular flexibility index (Phi) is 5.20. The van der Waals surface area contributed by atoms with Crippen molar-refractivity contribution in [1.82, 2.24) is 0 Å². The number of carbonyl (C=O) groups excluding carboxylic acids is 1. The molecule has 0 aromatic carbocycles. The van der Waals surface area contributed by atoms with E-state index in [9.17, 15) is 9.90 Å². The molecular formula is C18H28O2. The van der Waals surface area contributed by atoms with Crippen LogP contribution in [-0.4, -0.2) is 17.0 Å². The van der Waals surface area contributed by atoms with Gasteiger partial charge in [0.25, 0.3) is 0 Å². The third-order valence-electron chi connectivity index (χ3n) is 4.93. The molecule has 0 amide bonds. The van der Waals surface area contributed by atoms with Gasteiger partial charge in [-0.25, -0.2) is 0 Å². The fraction of sp³-hybridized carbons (Fsp3) is 0.722. The third-order valence-corrected chi connectivity index (χ3v) is 4.93. The number of aliphatic hydroxyl groups is 1. The number of aliphatic hydroxyl groups excluding tert-OH is 1. The lowest BCUT2D eigenvalue weighted by molar-refractivity contribution is -0.115. The van der Waals surface area contributed by atoms with Crippen LogP contribution in [0.1, 0.15) is 58.8 Å². The standard InChI is InChI=1S/C18H28O2/c1-3-4-6-14(2)11-16(19)8-10-18-9-5-7-15(18)12-17(20)13-18/h5,8-10,14-15,17,20H,3-4,6-7,11-13H2,1-2H3/b10-8+/t14-,15?,17?,18?/m0/s1. The van der Waals surface area contributed by atoms with Crippen molar-refractivity contribution in [3.63, 3.8) is 0 Å². The molecule has 2 aliphatic carbocycles. The summed E-state index contributed by atoms with van der Waals surface area (Å²) in [7, 11) is 0. The number of ketones is 1. The minimum Gasteiger partial charge on any atom is -0.393 e. The van der Waals surface area contributed by atoms with Gasteiger partial charge in [0.05, 0.1) is 6.10 Å². The molecule has 0 aromatic heterocycles. The quantitative estimate of drug-likeness (QED) is 0.563. The molecule has 2 heteroatoms. The molecule has 3 unspecified atom stereocenters. The van der Waals surface area contributed by atoms with Gasteiger partial charge in [0, 0.05) is 11.8 Å². The molecule has 1 fully saturated rings. The maximum Gasteiger partial charge on any atom is 0.155 e. The molecule has 0 bridgehead atoms. The second-order valence-corrected chi connectivity index (χ2v) is 6.79. The molecule has 2 nitrogen and oxygen atoms in total. The van der Waals surface area contributed by atoms with E-state index in [-0.39, 0.29) is 17.3 Å². The van der Waals surface area contributed by atoms with Crippen molar-refractivity contribution in [1.29, 1.82) is 0 Å². The van der Waals surface area contributed by atoms with E-state index in [4.69, 9.17) is 0 Å². The van der Waals surface area contributed by atoms with E-state index < -0.39 is 0 Å². The van der Waals surface area contributed by atoms with E-state index >= 15 is 0 Å². The maximum absolute atomic E-state index is 12.1. The maximum atomic E-state index is 12.1. The van der Waals surface area contributed by atoms with Gasteiger partial charge in [-0.1, -0.05) is 51.3 Å². The molecule has 2 rings (SSSR count). The van der Waals surface area contributed by atoms with Crippen LogP contribution in [0.4, 0.5) is 0 Å². The van der Waals surface area contributed by atoms with Crippen LogP contribution in [-0.2, 0) is 4.79 Å². The molecule has 1 saturated carbocycles. The van der Waals surface area contributed by atoms with Crippen LogP contribution < -0.4 is 0 Å². The van der Waals surface area contributed by atoms with E-state index in [2.05, 4.69) is 32.1 Å². The van der Waals surface area contributed by atoms with E-state index in [0.717, 1.165) is 25.7 Å². The van der Waals surface area contributed by atoms with Crippen LogP contribution in [0.5, 0.6) is 0 Å². The first-order valence-corrected chi connectivity index (χ1v) is 8.13. The summed E-state index contributed by atoms with van der Waals surface area (Å²) in [5.41, 5.74) is -0.0399. The Balaban J connectivity index is 1.89. The molecule has 0 aromatic rings. The Morgan fingerprint density at radius 2 is 2.35 bits per heavy atom. The Bertz CT molecular complexity index is 396. The minimum atomic E-state index is -0.201. The number of fused-ring (bicyclic) bond motifs is 1. The lowest BCUT2D eigenvalue weighted by Gasteiger charge is -2.23. The molecule has 0 heterocycles. The van der Waals surface area contributed by atoms with Crippen molar-refractivity contribution in [2.75, 3.05) is 0 Å². The minimum absolute atomic E-state index is 0.0399. The van der Waals surface area contributed by atoms with Crippen molar-refractivity contribution >= 4 is 5.78 Å². The highest BCUT2D eigenvalue weighted by molar-refractivity contribution is 5.89. The first-order valence-electron chi connectivity index (χ1n) is 8.13. The van der Waals surface area contributed by atoms with Crippen LogP contribution in [0.3, 0.4) is 0 Å². The molecular weight excluding hydrogens is 248 g/mol. The zero-order valence-electron chi connectivity index (χ0n) is 12.8. The second kappa shape index (κ2) is 6.71. The molecule has 112 valence electrons. The van der Waals surface area contributed by atoms with Gasteiger partial charge in [0.2, 0.25) is 0 Å². The van der Waals surface area contributed by atoms with Gasteiger partial charge in [0.1, 0.15) is 0 Å². The molecule has 0 saturated heterocycles. The Hall–Kier alpha value is -0.890. The van der Waals surface area contributed by atoms with Gasteiger partial charge in [-0.05, 0) is 37.2 Å². The summed E-state index contributed by atoms with van der Waals surface area (Å²) >= 11 is 0. The molecule has 4 atom stereocenters. The smallest absolute Gasteiger partial charge is 0.155 e. The second-order valence-electron chi connectivity index (χ2n) is 6.79. The van der Waals surface area contributed by atoms with Gasteiger partial charge in [-0.3, -0.25) is 4.79 Å². The van der Waals surface area contributed by atoms with Gasteiger partial charge in [0.15, 0.2) is 5.78 Å². The van der Waals surface area contributed by atoms with E-state index in [1.165, 1.54) is 12.8 Å². The Labute approximate surface area is 123 Å². The topological polar surface area (TPSA) is 37.3 Å². The Morgan fingerprint density at radius 3 is 3.10 bits per heavy atom. The number of rotatable bonds is 7. The van der Waals surface area contributed by atoms with Crippen LogP contribution in [0.15, 0.2) is 24.3 Å². The van der Waals surface area contributed by atoms with E-state index in [0.29, 0.717) is 18.3 Å². The zero-order valence-corrected chi connectivity index (χ0v) is 12.8. The highest BCUT2D eigenvalue weighted by Crippen LogP contribution is 2.51. The molecule has 0 radical (unpaired) electrons. The molecule has 20 heavy (non-hydrogen) atoms. The summed E-state index contributed by atoms with van der Waals surface area (Å²) < 4.78 is 0. The normalized spacial score (nSPS) is 33.8. The summed E-state index contributed by atoms with van der Waals surface area (Å²) in [6, 6.07) is 0. The highest BCUT2D eigenvalue weighted by atomic mass is 16.3. The summed E-state index contributed by atoms with van der Waals surface area (Å²) in [5, 5.41) is 9.86. The number of hydrogen-bond acceptors (Lipinski definition) is 2. The fourth-order valence-corrected chi connectivity index (χ4v) is 3.75.